The number of non-ortho nitro benzene ring substituents is 1. The Bertz CT molecular complexity index is 926. The van der Waals surface area contributed by atoms with Crippen molar-refractivity contribution in [2.45, 2.75) is 12.4 Å². The molecule has 2 rings (SSSR count). The van der Waals surface area contributed by atoms with Gasteiger partial charge in [0.25, 0.3) is 11.6 Å². The van der Waals surface area contributed by atoms with Crippen LogP contribution in [0.25, 0.3) is 0 Å². The predicted octanol–water partition coefficient (Wildman–Crippen LogP) is 4.66. The van der Waals surface area contributed by atoms with Crippen molar-refractivity contribution in [3.05, 3.63) is 57.6 Å². The minimum Gasteiger partial charge on any atom is -0.494 e. The SMILES string of the molecule is COc1cc([N+](=O)[O-])ccc1NC(=O)COc1cc(C(F)(F)F)cc(C(F)(F)F)c1. The van der Waals surface area contributed by atoms with Crippen molar-refractivity contribution in [3.63, 3.8) is 0 Å². The summed E-state index contributed by atoms with van der Waals surface area (Å²) < 4.78 is 86.7. The minimum atomic E-state index is -5.06. The first-order valence-corrected chi connectivity index (χ1v) is 7.86. The maximum atomic E-state index is 12.8. The second kappa shape index (κ2) is 8.47. The second-order valence-electron chi connectivity index (χ2n) is 5.72. The molecule has 0 heterocycles. The van der Waals surface area contributed by atoms with Gasteiger partial charge in [-0.2, -0.15) is 26.3 Å². The molecule has 0 saturated carbocycles. The van der Waals surface area contributed by atoms with Gasteiger partial charge in [-0.15, -0.1) is 0 Å². The topological polar surface area (TPSA) is 90.7 Å². The Hall–Kier alpha value is -3.51. The summed E-state index contributed by atoms with van der Waals surface area (Å²) in [6, 6.07) is 3.79. The van der Waals surface area contributed by atoms with E-state index in [4.69, 9.17) is 9.47 Å². The van der Waals surface area contributed by atoms with Gasteiger partial charge >= 0.3 is 12.4 Å². The summed E-state index contributed by atoms with van der Waals surface area (Å²) in [6.45, 7) is -0.932. The minimum absolute atomic E-state index is 0.0169. The van der Waals surface area contributed by atoms with Gasteiger partial charge in [0.15, 0.2) is 6.61 Å². The van der Waals surface area contributed by atoms with Crippen molar-refractivity contribution in [2.75, 3.05) is 19.0 Å². The number of hydrogen-bond donors (Lipinski definition) is 1. The average molecular weight is 438 g/mol. The van der Waals surface area contributed by atoms with E-state index in [9.17, 15) is 41.3 Å². The lowest BCUT2D eigenvalue weighted by Gasteiger charge is -2.15. The van der Waals surface area contributed by atoms with Crippen molar-refractivity contribution in [3.8, 4) is 11.5 Å². The van der Waals surface area contributed by atoms with Gasteiger partial charge in [-0.05, 0) is 24.3 Å². The lowest BCUT2D eigenvalue weighted by Crippen LogP contribution is -2.21. The zero-order valence-electron chi connectivity index (χ0n) is 14.9. The summed E-state index contributed by atoms with van der Waals surface area (Å²) in [4.78, 5) is 22.0. The molecule has 2 aromatic rings. The molecule has 0 spiro atoms. The first-order chi connectivity index (χ1) is 13.8. The lowest BCUT2D eigenvalue weighted by molar-refractivity contribution is -0.384. The number of nitrogens with one attached hydrogen (secondary N) is 1. The molecule has 1 N–H and O–H groups in total. The van der Waals surface area contributed by atoms with Crippen LogP contribution in [0.3, 0.4) is 0 Å². The number of nitro groups is 1. The van der Waals surface area contributed by atoms with E-state index in [1.807, 2.05) is 0 Å². The molecule has 7 nitrogen and oxygen atoms in total. The third-order valence-electron chi connectivity index (χ3n) is 3.60. The number of hydrogen-bond acceptors (Lipinski definition) is 5. The van der Waals surface area contributed by atoms with Gasteiger partial charge < -0.3 is 14.8 Å². The fourth-order valence-electron chi connectivity index (χ4n) is 2.24. The molecule has 1 amide bonds. The van der Waals surface area contributed by atoms with Crippen LogP contribution in [0, 0.1) is 10.1 Å². The van der Waals surface area contributed by atoms with Crippen molar-refractivity contribution < 1.29 is 45.5 Å². The van der Waals surface area contributed by atoms with Gasteiger partial charge in [0.1, 0.15) is 11.5 Å². The van der Waals surface area contributed by atoms with Gasteiger partial charge in [-0.25, -0.2) is 0 Å². The molecule has 0 atom stereocenters. The average Bonchev–Trinajstić information content (AvgIpc) is 2.65. The maximum absolute atomic E-state index is 12.8. The Morgan fingerprint density at radius 3 is 2.07 bits per heavy atom. The molecule has 30 heavy (non-hydrogen) atoms. The normalized spacial score (nSPS) is 11.7. The Morgan fingerprint density at radius 1 is 1.03 bits per heavy atom. The largest absolute Gasteiger partial charge is 0.494 e. The third-order valence-corrected chi connectivity index (χ3v) is 3.60. The highest BCUT2D eigenvalue weighted by Crippen LogP contribution is 2.38. The van der Waals surface area contributed by atoms with E-state index in [2.05, 4.69) is 5.32 Å². The first kappa shape index (κ1) is 22.8. The van der Waals surface area contributed by atoms with Crippen LogP contribution in [0.5, 0.6) is 11.5 Å². The zero-order valence-corrected chi connectivity index (χ0v) is 14.9. The molecule has 0 unspecified atom stereocenters. The second-order valence-corrected chi connectivity index (χ2v) is 5.72. The number of amides is 1. The molecule has 0 aromatic heterocycles. The van der Waals surface area contributed by atoms with Gasteiger partial charge in [0.05, 0.1) is 34.9 Å². The fraction of sp³-hybridized carbons (Fsp3) is 0.235. The van der Waals surface area contributed by atoms with Crippen LogP contribution in [0.15, 0.2) is 36.4 Å². The number of rotatable bonds is 6. The Kier molecular flexibility index (Phi) is 6.43. The molecule has 13 heteroatoms. The van der Waals surface area contributed by atoms with E-state index >= 15 is 0 Å². The lowest BCUT2D eigenvalue weighted by atomic mass is 10.1. The molecule has 0 aliphatic heterocycles. The number of ether oxygens (including phenoxy) is 2. The molecule has 0 aliphatic carbocycles. The Morgan fingerprint density at radius 2 is 1.60 bits per heavy atom. The highest BCUT2D eigenvalue weighted by molar-refractivity contribution is 5.93. The van der Waals surface area contributed by atoms with Crippen molar-refractivity contribution in [2.24, 2.45) is 0 Å². The number of carbonyl (C=O) groups is 1. The standard InChI is InChI=1S/C17H12F6N2O5/c1-29-14-7-11(25(27)28)2-3-13(14)24-15(26)8-30-12-5-9(16(18,19)20)4-10(6-12)17(21,22)23/h2-7H,8H2,1H3,(H,24,26). The summed E-state index contributed by atoms with van der Waals surface area (Å²) in [7, 11) is 1.17. The van der Waals surface area contributed by atoms with Crippen LogP contribution in [-0.4, -0.2) is 24.5 Å². The van der Waals surface area contributed by atoms with E-state index in [0.29, 0.717) is 12.1 Å². The Balaban J connectivity index is 2.17. The fourth-order valence-corrected chi connectivity index (χ4v) is 2.24. The summed E-state index contributed by atoms with van der Waals surface area (Å²) in [5.74, 6) is -1.85. The zero-order chi connectivity index (χ0) is 22.7. The smallest absolute Gasteiger partial charge is 0.416 e. The number of anilines is 1. The van der Waals surface area contributed by atoms with Gasteiger partial charge in [0.2, 0.25) is 0 Å². The van der Waals surface area contributed by atoms with Crippen molar-refractivity contribution >= 4 is 17.3 Å². The highest BCUT2D eigenvalue weighted by atomic mass is 19.4. The number of nitrogens with zero attached hydrogens (tertiary/aromatic N) is 1. The van der Waals surface area contributed by atoms with Crippen molar-refractivity contribution in [1.82, 2.24) is 0 Å². The maximum Gasteiger partial charge on any atom is 0.416 e. The molecule has 162 valence electrons. The number of methoxy groups -OCH3 is 1. The van der Waals surface area contributed by atoms with Crippen LogP contribution in [-0.2, 0) is 17.1 Å². The Labute approximate surface area is 164 Å². The van der Waals surface area contributed by atoms with Crippen LogP contribution in [0.2, 0.25) is 0 Å². The number of benzene rings is 2. The predicted molar refractivity (Wildman–Crippen MR) is 90.2 cm³/mol. The van der Waals surface area contributed by atoms with Crippen molar-refractivity contribution in [1.29, 1.82) is 0 Å². The van der Waals surface area contributed by atoms with Crippen LogP contribution in [0.1, 0.15) is 11.1 Å². The van der Waals surface area contributed by atoms with Crippen LogP contribution < -0.4 is 14.8 Å². The van der Waals surface area contributed by atoms with Gasteiger partial charge in [-0.3, -0.25) is 14.9 Å². The van der Waals surface area contributed by atoms with E-state index in [-0.39, 0.29) is 23.2 Å². The quantitative estimate of drug-likeness (QED) is 0.403. The number of alkyl halides is 6. The summed E-state index contributed by atoms with van der Waals surface area (Å²) >= 11 is 0. The van der Waals surface area contributed by atoms with E-state index in [1.54, 1.807) is 0 Å². The van der Waals surface area contributed by atoms with E-state index in [0.717, 1.165) is 18.2 Å². The van der Waals surface area contributed by atoms with E-state index < -0.39 is 46.7 Å². The van der Waals surface area contributed by atoms with Crippen LogP contribution in [0.4, 0.5) is 37.7 Å². The third kappa shape index (κ3) is 5.75. The summed E-state index contributed by atoms with van der Waals surface area (Å²) in [5.41, 5.74) is -3.53. The van der Waals surface area contributed by atoms with E-state index in [1.165, 1.54) is 7.11 Å². The molecule has 0 fully saturated rings. The van der Waals surface area contributed by atoms with Crippen LogP contribution >= 0.6 is 0 Å². The molecule has 0 aliphatic rings. The molecular formula is C17H12F6N2O5. The summed E-state index contributed by atoms with van der Waals surface area (Å²) in [6.07, 6.45) is -10.1. The molecule has 0 saturated heterocycles. The monoisotopic (exact) mass is 438 g/mol. The molecule has 0 radical (unpaired) electrons. The van der Waals surface area contributed by atoms with Gasteiger partial charge in [-0.1, -0.05) is 0 Å². The number of carbonyl (C=O) groups excluding carboxylic acids is 1. The number of nitro benzene ring substituents is 1. The van der Waals surface area contributed by atoms with Gasteiger partial charge in [0, 0.05) is 6.07 Å². The molecule has 2 aromatic carbocycles. The number of halogens is 6. The molecular weight excluding hydrogens is 426 g/mol. The first-order valence-electron chi connectivity index (χ1n) is 7.86. The summed E-state index contributed by atoms with van der Waals surface area (Å²) in [5, 5.41) is 13.0. The highest BCUT2D eigenvalue weighted by Gasteiger charge is 2.37. The molecule has 0 bridgehead atoms.